The Morgan fingerprint density at radius 1 is 0.564 bits per heavy atom. The monoisotopic (exact) mass is 578 g/mol. The molecule has 0 radical (unpaired) electrons. The molecule has 0 saturated heterocycles. The van der Waals surface area contributed by atoms with Crippen LogP contribution in [0.5, 0.6) is 34.5 Å². The Balaban J connectivity index is 1.87. The first-order chi connectivity index (χ1) is 18.5. The maximum Gasteiger partial charge on any atom is 0.576 e. The van der Waals surface area contributed by atoms with Gasteiger partial charge in [0.2, 0.25) is 0 Å². The van der Waals surface area contributed by atoms with Gasteiger partial charge in [-0.2, -0.15) is 0 Å². The Kier molecular flexibility index (Phi) is 14.1. The second kappa shape index (κ2) is 16.7. The first kappa shape index (κ1) is 32.9. The Morgan fingerprint density at radius 2 is 0.974 bits per heavy atom. The fourth-order valence-electron chi connectivity index (χ4n) is 3.18. The Hall–Kier alpha value is -2.34. The predicted molar refractivity (Wildman–Crippen MR) is 163 cm³/mol. The predicted octanol–water partition coefficient (Wildman–Crippen LogP) is 6.59. The normalized spacial score (nSPS) is 11.6. The van der Waals surface area contributed by atoms with Gasteiger partial charge in [0.15, 0.2) is 36.6 Å². The zero-order valence-corrected chi connectivity index (χ0v) is 27.1. The summed E-state index contributed by atoms with van der Waals surface area (Å²) in [7, 11) is -2.25. The van der Waals surface area contributed by atoms with E-state index in [1.807, 2.05) is 38.1 Å². The molecule has 11 heteroatoms. The molecule has 39 heavy (non-hydrogen) atoms. The molecule has 0 spiro atoms. The van der Waals surface area contributed by atoms with Crippen LogP contribution in [-0.4, -0.2) is 63.8 Å². The van der Waals surface area contributed by atoms with Crippen molar-refractivity contribution in [1.82, 2.24) is 0 Å². The van der Waals surface area contributed by atoms with E-state index in [2.05, 4.69) is 39.3 Å². The summed E-state index contributed by atoms with van der Waals surface area (Å²) in [6, 6.07) is 13.0. The molecule has 0 unspecified atom stereocenters. The van der Waals surface area contributed by atoms with Gasteiger partial charge in [0.25, 0.3) is 0 Å². The molecule has 0 N–H and O–H groups in total. The van der Waals surface area contributed by atoms with Crippen LogP contribution in [0.3, 0.4) is 0 Å². The molecule has 0 heterocycles. The molecule has 2 aromatic rings. The molecule has 0 aliphatic rings. The van der Waals surface area contributed by atoms with Crippen molar-refractivity contribution in [3.05, 3.63) is 36.4 Å². The summed E-state index contributed by atoms with van der Waals surface area (Å²) in [6.07, 6.45) is 0. The Bertz CT molecular complexity index is 902. The molecule has 0 bridgehead atoms. The summed E-state index contributed by atoms with van der Waals surface area (Å²) in [6.45, 7) is 20.5. The summed E-state index contributed by atoms with van der Waals surface area (Å²) in [5.41, 5.74) is 0. The zero-order valence-electron chi connectivity index (χ0n) is 25.1. The van der Waals surface area contributed by atoms with E-state index >= 15 is 0 Å². The van der Waals surface area contributed by atoms with Crippen LogP contribution in [0.15, 0.2) is 36.4 Å². The van der Waals surface area contributed by atoms with E-state index in [-0.39, 0.29) is 21.3 Å². The van der Waals surface area contributed by atoms with Gasteiger partial charge in [-0.25, -0.2) is 0 Å². The topological polar surface area (TPSA) is 73.8 Å². The lowest BCUT2D eigenvalue weighted by Crippen LogP contribution is -2.22. The molecule has 8 nitrogen and oxygen atoms in total. The van der Waals surface area contributed by atoms with Crippen molar-refractivity contribution < 1.29 is 37.7 Å². The van der Waals surface area contributed by atoms with Crippen molar-refractivity contribution in [2.24, 2.45) is 0 Å². The minimum absolute atomic E-state index is 0.0111. The summed E-state index contributed by atoms with van der Waals surface area (Å²) in [5, 5.41) is 0. The van der Waals surface area contributed by atoms with Crippen LogP contribution in [0.25, 0.3) is 0 Å². The highest BCUT2D eigenvalue weighted by atomic mass is 28.3. The second-order valence-corrected chi connectivity index (χ2v) is 22.7. The second-order valence-electron chi connectivity index (χ2n) is 11.5. The van der Waals surface area contributed by atoms with Crippen LogP contribution in [-0.2, 0) is 9.47 Å². The zero-order chi connectivity index (χ0) is 28.7. The maximum absolute atomic E-state index is 5.81. The van der Waals surface area contributed by atoms with Crippen LogP contribution in [0, 0.1) is 0 Å². The van der Waals surface area contributed by atoms with Gasteiger partial charge in [-0.05, 0) is 50.2 Å². The van der Waals surface area contributed by atoms with Crippen LogP contribution in [0.2, 0.25) is 51.4 Å². The van der Waals surface area contributed by atoms with Crippen LogP contribution >= 0.6 is 0 Å². The third-order valence-electron chi connectivity index (χ3n) is 5.47. The number of hydrogen-bond donors (Lipinski definition) is 0. The molecule has 2 aromatic carbocycles. The van der Waals surface area contributed by atoms with E-state index in [0.717, 1.165) is 12.1 Å². The molecule has 218 valence electrons. The molecular formula is C28H47BO8Si2. The quantitative estimate of drug-likeness (QED) is 0.0990. The van der Waals surface area contributed by atoms with E-state index in [4.69, 9.17) is 37.7 Å². The molecule has 0 aliphatic heterocycles. The minimum Gasteiger partial charge on any atom is -0.528 e. The highest BCUT2D eigenvalue weighted by Gasteiger charge is 2.14. The van der Waals surface area contributed by atoms with Crippen molar-refractivity contribution in [1.29, 1.82) is 0 Å². The lowest BCUT2D eigenvalue weighted by molar-refractivity contribution is 0.0200. The fourth-order valence-corrected chi connectivity index (χ4v) is 4.70. The lowest BCUT2D eigenvalue weighted by Gasteiger charge is -2.17. The third kappa shape index (κ3) is 14.0. The summed E-state index contributed by atoms with van der Waals surface area (Å²) in [5.74, 6) is 3.61. The SMILES string of the molecule is CCOc1cc(OBOc2ccc(OCOCC[Si](C)(C)C)c(OCC)c2)ccc1OCOCC[Si](C)(C)C. The number of ether oxygens (including phenoxy) is 6. The van der Waals surface area contributed by atoms with Crippen LogP contribution in [0.1, 0.15) is 13.8 Å². The number of rotatable bonds is 20. The van der Waals surface area contributed by atoms with Gasteiger partial charge in [-0.3, -0.25) is 0 Å². The van der Waals surface area contributed by atoms with E-state index in [1.54, 1.807) is 12.1 Å². The van der Waals surface area contributed by atoms with Crippen molar-refractivity contribution >= 4 is 23.8 Å². The summed E-state index contributed by atoms with van der Waals surface area (Å²) in [4.78, 5) is 0. The van der Waals surface area contributed by atoms with E-state index in [9.17, 15) is 0 Å². The molecule has 0 saturated carbocycles. The minimum atomic E-state index is -1.13. The molecule has 0 fully saturated rings. The number of hydrogen-bond acceptors (Lipinski definition) is 8. The smallest absolute Gasteiger partial charge is 0.528 e. The molecule has 0 aliphatic carbocycles. The molecule has 0 atom stereocenters. The third-order valence-corrected chi connectivity index (χ3v) is 8.88. The Labute approximate surface area is 237 Å². The van der Waals surface area contributed by atoms with Gasteiger partial charge in [0, 0.05) is 41.5 Å². The summed E-state index contributed by atoms with van der Waals surface area (Å²) >= 11 is 0. The van der Waals surface area contributed by atoms with Crippen LogP contribution in [0.4, 0.5) is 0 Å². The van der Waals surface area contributed by atoms with Gasteiger partial charge >= 0.3 is 7.69 Å². The highest BCUT2D eigenvalue weighted by Crippen LogP contribution is 2.33. The number of benzene rings is 2. The van der Waals surface area contributed by atoms with Gasteiger partial charge in [-0.15, -0.1) is 0 Å². The maximum atomic E-state index is 5.81. The fraction of sp³-hybridized carbons (Fsp3) is 0.571. The average molecular weight is 579 g/mol. The van der Waals surface area contributed by atoms with Crippen LogP contribution < -0.4 is 28.3 Å². The van der Waals surface area contributed by atoms with E-state index < -0.39 is 16.1 Å². The van der Waals surface area contributed by atoms with Gasteiger partial charge in [-0.1, -0.05) is 39.3 Å². The van der Waals surface area contributed by atoms with Gasteiger partial charge < -0.3 is 37.7 Å². The van der Waals surface area contributed by atoms with Crippen molar-refractivity contribution in [3.63, 3.8) is 0 Å². The summed E-state index contributed by atoms with van der Waals surface area (Å²) < 4.78 is 46.0. The first-order valence-electron chi connectivity index (χ1n) is 13.7. The molecule has 0 amide bonds. The first-order valence-corrected chi connectivity index (χ1v) is 21.1. The van der Waals surface area contributed by atoms with Crippen molar-refractivity contribution in [3.8, 4) is 34.5 Å². The van der Waals surface area contributed by atoms with E-state index in [1.165, 1.54) is 0 Å². The molecular weight excluding hydrogens is 531 g/mol. The van der Waals surface area contributed by atoms with E-state index in [0.29, 0.717) is 60.9 Å². The van der Waals surface area contributed by atoms with Crippen molar-refractivity contribution in [2.75, 3.05) is 40.0 Å². The average Bonchev–Trinajstić information content (AvgIpc) is 2.85. The Morgan fingerprint density at radius 3 is 1.33 bits per heavy atom. The standard InChI is InChI=1S/C28H47BO8Si2/c1-9-32-27-19-23(11-13-25(27)34-21-30-15-17-38(3,4)5)36-29-37-24-12-14-26(28(20-24)33-10-2)35-22-31-16-18-39(6,7)8/h11-14,19-20,29H,9-10,15-18,21-22H2,1-8H3. The molecule has 0 aromatic heterocycles. The largest absolute Gasteiger partial charge is 0.576 e. The van der Waals surface area contributed by atoms with Gasteiger partial charge in [0.05, 0.1) is 13.2 Å². The van der Waals surface area contributed by atoms with Crippen molar-refractivity contribution in [2.45, 2.75) is 65.2 Å². The van der Waals surface area contributed by atoms with Gasteiger partial charge in [0.1, 0.15) is 11.5 Å². The lowest BCUT2D eigenvalue weighted by atomic mass is 10.2. The molecule has 2 rings (SSSR count). The highest BCUT2D eigenvalue weighted by molar-refractivity contribution is 6.76.